The summed E-state index contributed by atoms with van der Waals surface area (Å²) in [5.74, 6) is -0.644. The molecular formula is C29H33N3O3S. The Balaban J connectivity index is 1.46. The molecule has 0 aliphatic heterocycles. The van der Waals surface area contributed by atoms with Crippen LogP contribution in [0.15, 0.2) is 77.7 Å². The first-order chi connectivity index (χ1) is 17.2. The first kappa shape index (κ1) is 27.0. The summed E-state index contributed by atoms with van der Waals surface area (Å²) >= 11 is 1.08. The molecule has 4 amide bonds. The average Bonchev–Trinajstić information content (AvgIpc) is 2.87. The van der Waals surface area contributed by atoms with Crippen molar-refractivity contribution < 1.29 is 14.4 Å². The number of aryl methyl sites for hydroxylation is 1. The third kappa shape index (κ3) is 7.99. The Morgan fingerprint density at radius 1 is 0.778 bits per heavy atom. The van der Waals surface area contributed by atoms with Crippen molar-refractivity contribution in [2.24, 2.45) is 0 Å². The third-order valence-electron chi connectivity index (χ3n) is 5.65. The number of urea groups is 1. The van der Waals surface area contributed by atoms with Crippen LogP contribution < -0.4 is 15.4 Å². The van der Waals surface area contributed by atoms with Gasteiger partial charge in [0.05, 0.1) is 0 Å². The highest BCUT2D eigenvalue weighted by molar-refractivity contribution is 7.98. The van der Waals surface area contributed by atoms with Crippen LogP contribution in [0.2, 0.25) is 0 Å². The number of benzene rings is 3. The minimum atomic E-state index is -0.607. The molecular weight excluding hydrogens is 470 g/mol. The summed E-state index contributed by atoms with van der Waals surface area (Å²) in [5, 5.41) is 5.21. The molecule has 3 aromatic rings. The molecule has 188 valence electrons. The van der Waals surface area contributed by atoms with Gasteiger partial charge in [-0.25, -0.2) is 4.79 Å². The highest BCUT2D eigenvalue weighted by Gasteiger charge is 2.15. The van der Waals surface area contributed by atoms with E-state index < -0.39 is 11.9 Å². The maximum absolute atomic E-state index is 12.5. The molecule has 0 saturated heterocycles. The standard InChI is InChI=1S/C29H33N3O3S/c1-5-6-7-20-8-10-21(11-9-20)26(33)30-24-16-18-25(19-17-24)36-32-28(35)31-27(34)22-12-14-23(15-13-22)29(2,3)4/h8-19H,5-7H2,1-4H3,(H,30,33)(H2,31,32,34,35). The van der Waals surface area contributed by atoms with Crippen LogP contribution in [0.4, 0.5) is 10.5 Å². The van der Waals surface area contributed by atoms with Crippen LogP contribution in [-0.2, 0) is 11.8 Å². The van der Waals surface area contributed by atoms with Gasteiger partial charge in [0.1, 0.15) is 0 Å². The zero-order valence-electron chi connectivity index (χ0n) is 21.2. The molecule has 0 bridgehead atoms. The molecule has 0 heterocycles. The smallest absolute Gasteiger partial charge is 0.322 e. The molecule has 36 heavy (non-hydrogen) atoms. The normalized spacial score (nSPS) is 11.0. The number of nitrogens with one attached hydrogen (secondary N) is 3. The van der Waals surface area contributed by atoms with E-state index in [0.717, 1.165) is 41.7 Å². The SMILES string of the molecule is CCCCc1ccc(C(=O)Nc2ccc(SNC(=O)NC(=O)c3ccc(C(C)(C)C)cc3)cc2)cc1. The average molecular weight is 504 g/mol. The molecule has 7 heteroatoms. The van der Waals surface area contributed by atoms with Gasteiger partial charge in [-0.1, -0.05) is 58.4 Å². The van der Waals surface area contributed by atoms with Crippen LogP contribution in [0.1, 0.15) is 72.4 Å². The second kappa shape index (κ2) is 12.4. The van der Waals surface area contributed by atoms with Crippen LogP contribution >= 0.6 is 11.9 Å². The summed E-state index contributed by atoms with van der Waals surface area (Å²) < 4.78 is 2.60. The lowest BCUT2D eigenvalue weighted by Crippen LogP contribution is -2.36. The maximum Gasteiger partial charge on any atom is 0.331 e. The quantitative estimate of drug-likeness (QED) is 0.298. The number of carbonyl (C=O) groups excluding carboxylic acids is 3. The lowest BCUT2D eigenvalue weighted by molar-refractivity contribution is 0.0964. The Morgan fingerprint density at radius 3 is 1.94 bits per heavy atom. The number of amides is 4. The molecule has 0 aliphatic rings. The Kier molecular flexibility index (Phi) is 9.31. The monoisotopic (exact) mass is 503 g/mol. The predicted molar refractivity (Wildman–Crippen MR) is 146 cm³/mol. The van der Waals surface area contributed by atoms with E-state index in [2.05, 4.69) is 43.1 Å². The van der Waals surface area contributed by atoms with Crippen molar-refractivity contribution in [3.63, 3.8) is 0 Å². The number of hydrogen-bond acceptors (Lipinski definition) is 4. The van der Waals surface area contributed by atoms with Crippen molar-refractivity contribution in [3.8, 4) is 0 Å². The van der Waals surface area contributed by atoms with Gasteiger partial charge in [0.15, 0.2) is 0 Å². The van der Waals surface area contributed by atoms with Gasteiger partial charge in [0, 0.05) is 21.7 Å². The van der Waals surface area contributed by atoms with Gasteiger partial charge in [0.2, 0.25) is 0 Å². The van der Waals surface area contributed by atoms with E-state index in [1.54, 1.807) is 36.4 Å². The van der Waals surface area contributed by atoms with Crippen molar-refractivity contribution >= 4 is 35.5 Å². The van der Waals surface area contributed by atoms with Crippen molar-refractivity contribution in [3.05, 3.63) is 95.1 Å². The minimum absolute atomic E-state index is 0.0130. The van der Waals surface area contributed by atoms with Gasteiger partial charge in [-0.2, -0.15) is 0 Å². The van der Waals surface area contributed by atoms with Crippen LogP contribution in [0.5, 0.6) is 0 Å². The summed E-state index contributed by atoms with van der Waals surface area (Å²) in [7, 11) is 0. The van der Waals surface area contributed by atoms with E-state index in [0.29, 0.717) is 16.8 Å². The molecule has 3 rings (SSSR count). The highest BCUT2D eigenvalue weighted by atomic mass is 32.2. The maximum atomic E-state index is 12.5. The van der Waals surface area contributed by atoms with Crippen LogP contribution in [0.3, 0.4) is 0 Å². The molecule has 0 saturated carbocycles. The van der Waals surface area contributed by atoms with E-state index in [9.17, 15) is 14.4 Å². The van der Waals surface area contributed by atoms with Crippen LogP contribution in [0.25, 0.3) is 0 Å². The summed E-state index contributed by atoms with van der Waals surface area (Å²) in [6, 6.07) is 21.4. The molecule has 0 atom stereocenters. The zero-order chi connectivity index (χ0) is 26.1. The summed E-state index contributed by atoms with van der Waals surface area (Å²) in [5.41, 5.74) is 3.99. The predicted octanol–water partition coefficient (Wildman–Crippen LogP) is 6.73. The molecule has 0 unspecified atom stereocenters. The van der Waals surface area contributed by atoms with Crippen molar-refractivity contribution in [1.82, 2.24) is 10.0 Å². The number of imide groups is 1. The summed E-state index contributed by atoms with van der Waals surface area (Å²) in [4.78, 5) is 37.8. The molecule has 3 N–H and O–H groups in total. The van der Waals surface area contributed by atoms with Gasteiger partial charge in [0.25, 0.3) is 11.8 Å². The van der Waals surface area contributed by atoms with Gasteiger partial charge in [-0.3, -0.25) is 19.6 Å². The van der Waals surface area contributed by atoms with E-state index in [1.165, 1.54) is 5.56 Å². The molecule has 3 aromatic carbocycles. The second-order valence-electron chi connectivity index (χ2n) is 9.59. The van der Waals surface area contributed by atoms with E-state index >= 15 is 0 Å². The zero-order valence-corrected chi connectivity index (χ0v) is 22.0. The number of unbranched alkanes of at least 4 members (excludes halogenated alkanes) is 1. The minimum Gasteiger partial charge on any atom is -0.322 e. The summed E-state index contributed by atoms with van der Waals surface area (Å²) in [6.07, 6.45) is 3.29. The number of rotatable bonds is 8. The Bertz CT molecular complexity index is 1180. The number of hydrogen-bond donors (Lipinski definition) is 3. The highest BCUT2D eigenvalue weighted by Crippen LogP contribution is 2.22. The Morgan fingerprint density at radius 2 is 1.36 bits per heavy atom. The van der Waals surface area contributed by atoms with E-state index in [4.69, 9.17) is 0 Å². The Labute approximate surface area is 217 Å². The lowest BCUT2D eigenvalue weighted by atomic mass is 9.87. The fourth-order valence-corrected chi connectivity index (χ4v) is 3.97. The molecule has 0 aliphatic carbocycles. The fraction of sp³-hybridized carbons (Fsp3) is 0.276. The van der Waals surface area contributed by atoms with Crippen molar-refractivity contribution in [2.75, 3.05) is 5.32 Å². The first-order valence-electron chi connectivity index (χ1n) is 12.0. The van der Waals surface area contributed by atoms with Crippen molar-refractivity contribution in [2.45, 2.75) is 57.3 Å². The second-order valence-corrected chi connectivity index (χ2v) is 10.5. The largest absolute Gasteiger partial charge is 0.331 e. The van der Waals surface area contributed by atoms with Gasteiger partial charge in [-0.05, 0) is 89.9 Å². The third-order valence-corrected chi connectivity index (χ3v) is 6.44. The Hall–Kier alpha value is -3.58. The lowest BCUT2D eigenvalue weighted by Gasteiger charge is -2.19. The van der Waals surface area contributed by atoms with E-state index in [1.807, 2.05) is 36.4 Å². The molecule has 0 spiro atoms. The molecule has 0 radical (unpaired) electrons. The van der Waals surface area contributed by atoms with E-state index in [-0.39, 0.29) is 11.3 Å². The topological polar surface area (TPSA) is 87.3 Å². The van der Waals surface area contributed by atoms with Crippen LogP contribution in [-0.4, -0.2) is 17.8 Å². The van der Waals surface area contributed by atoms with Gasteiger partial charge >= 0.3 is 6.03 Å². The molecule has 6 nitrogen and oxygen atoms in total. The number of anilines is 1. The fourth-order valence-electron chi connectivity index (χ4n) is 3.44. The molecule has 0 fully saturated rings. The van der Waals surface area contributed by atoms with Crippen molar-refractivity contribution in [1.29, 1.82) is 0 Å². The van der Waals surface area contributed by atoms with Gasteiger partial charge in [-0.15, -0.1) is 0 Å². The van der Waals surface area contributed by atoms with Gasteiger partial charge < -0.3 is 5.32 Å². The summed E-state index contributed by atoms with van der Waals surface area (Å²) in [6.45, 7) is 8.45. The first-order valence-corrected chi connectivity index (χ1v) is 12.9. The molecule has 0 aromatic heterocycles. The van der Waals surface area contributed by atoms with Crippen LogP contribution in [0, 0.1) is 0 Å². The number of carbonyl (C=O) groups is 3.